The molecule has 0 fully saturated rings. The predicted molar refractivity (Wildman–Crippen MR) is 41.1 cm³/mol. The van der Waals surface area contributed by atoms with Crippen LogP contribution in [0.3, 0.4) is 0 Å². The predicted octanol–water partition coefficient (Wildman–Crippen LogP) is -0.0867. The van der Waals surface area contributed by atoms with Gasteiger partial charge in [0.2, 0.25) is 0 Å². The molecular weight excluding hydrogens is 146 g/mol. The molecule has 0 aromatic carbocycles. The van der Waals surface area contributed by atoms with E-state index in [0.29, 0.717) is 13.0 Å². The highest BCUT2D eigenvalue weighted by Gasteiger charge is 2.11. The monoisotopic (exact) mass is 161 g/mol. The molecule has 0 rings (SSSR count). The molecule has 4 heteroatoms. The molecule has 0 saturated heterocycles. The van der Waals surface area contributed by atoms with E-state index in [-0.39, 0.29) is 5.97 Å². The van der Waals surface area contributed by atoms with Gasteiger partial charge in [-0.05, 0) is 12.8 Å². The fourth-order valence-corrected chi connectivity index (χ4v) is 0.717. The molecule has 0 amide bonds. The summed E-state index contributed by atoms with van der Waals surface area (Å²) in [6, 6.07) is -0.504. The van der Waals surface area contributed by atoms with Gasteiger partial charge in [-0.25, -0.2) is 0 Å². The van der Waals surface area contributed by atoms with Crippen molar-refractivity contribution < 1.29 is 14.3 Å². The minimum atomic E-state index is -0.504. The Morgan fingerprint density at radius 2 is 2.18 bits per heavy atom. The molecule has 0 aromatic heterocycles. The SMILES string of the molecule is COCCCC(N)C(=O)OC. The van der Waals surface area contributed by atoms with Crippen molar-refractivity contribution in [3.05, 3.63) is 0 Å². The summed E-state index contributed by atoms with van der Waals surface area (Å²) in [5.74, 6) is -0.360. The van der Waals surface area contributed by atoms with E-state index >= 15 is 0 Å². The van der Waals surface area contributed by atoms with Crippen LogP contribution in [0.2, 0.25) is 0 Å². The summed E-state index contributed by atoms with van der Waals surface area (Å²) >= 11 is 0. The third kappa shape index (κ3) is 4.75. The molecule has 4 nitrogen and oxygen atoms in total. The first-order valence-corrected chi connectivity index (χ1v) is 3.54. The quantitative estimate of drug-likeness (QED) is 0.452. The lowest BCUT2D eigenvalue weighted by Gasteiger charge is -2.07. The van der Waals surface area contributed by atoms with Crippen molar-refractivity contribution in [2.45, 2.75) is 18.9 Å². The lowest BCUT2D eigenvalue weighted by molar-refractivity contribution is -0.142. The molecule has 1 atom stereocenters. The van der Waals surface area contributed by atoms with E-state index in [4.69, 9.17) is 10.5 Å². The maximum atomic E-state index is 10.7. The number of carbonyl (C=O) groups excluding carboxylic acids is 1. The van der Waals surface area contributed by atoms with Gasteiger partial charge in [-0.2, -0.15) is 0 Å². The molecule has 0 aromatic rings. The van der Waals surface area contributed by atoms with Crippen LogP contribution in [0, 0.1) is 0 Å². The average molecular weight is 161 g/mol. The second-order valence-electron chi connectivity index (χ2n) is 2.26. The normalized spacial score (nSPS) is 12.6. The van der Waals surface area contributed by atoms with Crippen LogP contribution in [0.4, 0.5) is 0 Å². The van der Waals surface area contributed by atoms with E-state index in [1.807, 2.05) is 0 Å². The summed E-state index contributed by atoms with van der Waals surface area (Å²) in [5.41, 5.74) is 5.44. The molecule has 1 unspecified atom stereocenters. The van der Waals surface area contributed by atoms with Crippen molar-refractivity contribution >= 4 is 5.97 Å². The van der Waals surface area contributed by atoms with Gasteiger partial charge in [0.15, 0.2) is 0 Å². The lowest BCUT2D eigenvalue weighted by atomic mass is 10.2. The van der Waals surface area contributed by atoms with Gasteiger partial charge in [-0.1, -0.05) is 0 Å². The van der Waals surface area contributed by atoms with E-state index in [9.17, 15) is 4.79 Å². The van der Waals surface area contributed by atoms with Gasteiger partial charge in [0, 0.05) is 13.7 Å². The van der Waals surface area contributed by atoms with E-state index < -0.39 is 6.04 Å². The largest absolute Gasteiger partial charge is 0.468 e. The summed E-state index contributed by atoms with van der Waals surface area (Å²) < 4.78 is 9.24. The summed E-state index contributed by atoms with van der Waals surface area (Å²) in [4.78, 5) is 10.7. The number of esters is 1. The van der Waals surface area contributed by atoms with Crippen LogP contribution in [0.15, 0.2) is 0 Å². The molecular formula is C7H15NO3. The zero-order valence-corrected chi connectivity index (χ0v) is 7.00. The summed E-state index contributed by atoms with van der Waals surface area (Å²) in [6.07, 6.45) is 1.40. The Bertz CT molecular complexity index is 116. The van der Waals surface area contributed by atoms with E-state index in [0.717, 1.165) is 6.42 Å². The third-order valence-electron chi connectivity index (χ3n) is 1.37. The molecule has 0 bridgehead atoms. The Hall–Kier alpha value is -0.610. The fraction of sp³-hybridized carbons (Fsp3) is 0.857. The van der Waals surface area contributed by atoms with Crippen molar-refractivity contribution in [2.75, 3.05) is 20.8 Å². The number of hydrogen-bond donors (Lipinski definition) is 1. The summed E-state index contributed by atoms with van der Waals surface area (Å²) in [6.45, 7) is 0.630. The molecule has 66 valence electrons. The maximum Gasteiger partial charge on any atom is 0.322 e. The van der Waals surface area contributed by atoms with Crippen LogP contribution in [0.1, 0.15) is 12.8 Å². The molecule has 11 heavy (non-hydrogen) atoms. The van der Waals surface area contributed by atoms with Gasteiger partial charge < -0.3 is 15.2 Å². The van der Waals surface area contributed by atoms with Gasteiger partial charge >= 0.3 is 5.97 Å². The second-order valence-corrected chi connectivity index (χ2v) is 2.26. The van der Waals surface area contributed by atoms with Crippen LogP contribution in [0.5, 0.6) is 0 Å². The first-order valence-electron chi connectivity index (χ1n) is 3.54. The van der Waals surface area contributed by atoms with Crippen LogP contribution in [-0.2, 0) is 14.3 Å². The molecule has 0 heterocycles. The number of methoxy groups -OCH3 is 2. The summed E-state index contributed by atoms with van der Waals surface area (Å²) in [7, 11) is 2.95. The second kappa shape index (κ2) is 6.12. The maximum absolute atomic E-state index is 10.7. The highest BCUT2D eigenvalue weighted by molar-refractivity contribution is 5.75. The van der Waals surface area contributed by atoms with Crippen molar-refractivity contribution in [1.29, 1.82) is 0 Å². The van der Waals surface area contributed by atoms with E-state index in [1.54, 1.807) is 7.11 Å². The van der Waals surface area contributed by atoms with Crippen molar-refractivity contribution in [2.24, 2.45) is 5.73 Å². The first-order chi connectivity index (χ1) is 5.22. The zero-order chi connectivity index (χ0) is 8.69. The highest BCUT2D eigenvalue weighted by Crippen LogP contribution is 1.95. The van der Waals surface area contributed by atoms with Crippen molar-refractivity contribution in [1.82, 2.24) is 0 Å². The lowest BCUT2D eigenvalue weighted by Crippen LogP contribution is -2.31. The Morgan fingerprint density at radius 3 is 2.64 bits per heavy atom. The number of carbonyl (C=O) groups is 1. The van der Waals surface area contributed by atoms with Crippen LogP contribution < -0.4 is 5.73 Å². The van der Waals surface area contributed by atoms with Gasteiger partial charge in [0.25, 0.3) is 0 Å². The van der Waals surface area contributed by atoms with E-state index in [1.165, 1.54) is 7.11 Å². The first kappa shape index (κ1) is 10.4. The molecule has 0 saturated carbocycles. The van der Waals surface area contributed by atoms with Gasteiger partial charge in [-0.3, -0.25) is 4.79 Å². The Kier molecular flexibility index (Phi) is 5.78. The average Bonchev–Trinajstić information content (AvgIpc) is 2.03. The van der Waals surface area contributed by atoms with Gasteiger partial charge in [0.1, 0.15) is 6.04 Å². The molecule has 0 aliphatic rings. The molecule has 0 aliphatic carbocycles. The third-order valence-corrected chi connectivity index (χ3v) is 1.37. The number of nitrogens with two attached hydrogens (primary N) is 1. The van der Waals surface area contributed by atoms with E-state index in [2.05, 4.69) is 4.74 Å². The summed E-state index contributed by atoms with van der Waals surface area (Å²) in [5, 5.41) is 0. The minimum absolute atomic E-state index is 0.360. The van der Waals surface area contributed by atoms with Crippen molar-refractivity contribution in [3.8, 4) is 0 Å². The Labute approximate surface area is 66.7 Å². The zero-order valence-electron chi connectivity index (χ0n) is 7.00. The minimum Gasteiger partial charge on any atom is -0.468 e. The number of ether oxygens (including phenoxy) is 2. The molecule has 0 spiro atoms. The molecule has 2 N–H and O–H groups in total. The fourth-order valence-electron chi connectivity index (χ4n) is 0.717. The topological polar surface area (TPSA) is 61.5 Å². The Balaban J connectivity index is 3.36. The standard InChI is InChI=1S/C7H15NO3/c1-10-5-3-4-6(8)7(9)11-2/h6H,3-5,8H2,1-2H3. The van der Waals surface area contributed by atoms with Gasteiger partial charge in [-0.15, -0.1) is 0 Å². The van der Waals surface area contributed by atoms with Crippen LogP contribution in [-0.4, -0.2) is 32.8 Å². The van der Waals surface area contributed by atoms with Crippen molar-refractivity contribution in [3.63, 3.8) is 0 Å². The van der Waals surface area contributed by atoms with Crippen LogP contribution >= 0.6 is 0 Å². The van der Waals surface area contributed by atoms with Gasteiger partial charge in [0.05, 0.1) is 7.11 Å². The number of hydrogen-bond acceptors (Lipinski definition) is 4. The molecule has 0 radical (unpaired) electrons. The Morgan fingerprint density at radius 1 is 1.55 bits per heavy atom. The highest BCUT2D eigenvalue weighted by atomic mass is 16.5. The van der Waals surface area contributed by atoms with Crippen LogP contribution in [0.25, 0.3) is 0 Å². The number of rotatable bonds is 5. The molecule has 0 aliphatic heterocycles. The smallest absolute Gasteiger partial charge is 0.322 e.